The second kappa shape index (κ2) is 7.09. The summed E-state index contributed by atoms with van der Waals surface area (Å²) >= 11 is 6.19. The molecule has 0 aliphatic carbocycles. The van der Waals surface area contributed by atoms with Crippen molar-refractivity contribution in [1.82, 2.24) is 10.2 Å². The van der Waals surface area contributed by atoms with Crippen molar-refractivity contribution in [3.63, 3.8) is 0 Å². The maximum absolute atomic E-state index is 12.6. The Kier molecular flexibility index (Phi) is 5.44. The highest BCUT2D eigenvalue weighted by atomic mass is 35.5. The second-order valence-electron chi connectivity index (χ2n) is 5.52. The molecule has 0 aromatic heterocycles. The molecule has 1 aliphatic rings. The average molecular weight is 295 g/mol. The van der Waals surface area contributed by atoms with Crippen LogP contribution in [0.15, 0.2) is 24.3 Å². The van der Waals surface area contributed by atoms with E-state index in [1.165, 1.54) is 0 Å². The number of carbonyl (C=O) groups excluding carboxylic acids is 1. The third-order valence-electron chi connectivity index (χ3n) is 3.99. The molecule has 1 N–H and O–H groups in total. The standard InChI is InChI=1S/C16H23ClN2O/c1-3-19(11-14-6-4-5-7-15(14)17)16(20)13-8-9-18-12(2)10-13/h4-7,12-13,18H,3,8-11H2,1-2H3/t12-,13-/m0/s1. The lowest BCUT2D eigenvalue weighted by Gasteiger charge is -2.32. The van der Waals surface area contributed by atoms with Crippen LogP contribution >= 0.6 is 11.6 Å². The van der Waals surface area contributed by atoms with Crippen LogP contribution in [-0.4, -0.2) is 29.9 Å². The fourth-order valence-electron chi connectivity index (χ4n) is 2.79. The summed E-state index contributed by atoms with van der Waals surface area (Å²) in [6, 6.07) is 8.17. The van der Waals surface area contributed by atoms with Gasteiger partial charge in [-0.25, -0.2) is 0 Å². The molecular weight excluding hydrogens is 272 g/mol. The minimum absolute atomic E-state index is 0.147. The Morgan fingerprint density at radius 2 is 2.20 bits per heavy atom. The van der Waals surface area contributed by atoms with Crippen LogP contribution in [0.2, 0.25) is 5.02 Å². The molecular formula is C16H23ClN2O. The summed E-state index contributed by atoms with van der Waals surface area (Å²) in [5, 5.41) is 4.12. The predicted molar refractivity (Wildman–Crippen MR) is 82.7 cm³/mol. The molecule has 1 fully saturated rings. The molecule has 1 heterocycles. The first-order chi connectivity index (χ1) is 9.61. The fraction of sp³-hybridized carbons (Fsp3) is 0.562. The monoisotopic (exact) mass is 294 g/mol. The minimum atomic E-state index is 0.147. The van der Waals surface area contributed by atoms with Gasteiger partial charge in [-0.05, 0) is 44.9 Å². The maximum atomic E-state index is 12.6. The van der Waals surface area contributed by atoms with Gasteiger partial charge in [0.05, 0.1) is 0 Å². The number of benzene rings is 1. The Bertz CT molecular complexity index is 464. The van der Waals surface area contributed by atoms with Gasteiger partial charge in [0, 0.05) is 30.1 Å². The Balaban J connectivity index is 2.04. The molecule has 4 heteroatoms. The van der Waals surface area contributed by atoms with E-state index in [9.17, 15) is 4.79 Å². The van der Waals surface area contributed by atoms with Crippen molar-refractivity contribution < 1.29 is 4.79 Å². The molecule has 0 unspecified atom stereocenters. The Morgan fingerprint density at radius 1 is 1.45 bits per heavy atom. The zero-order chi connectivity index (χ0) is 14.5. The molecule has 1 saturated heterocycles. The summed E-state index contributed by atoms with van der Waals surface area (Å²) in [5.41, 5.74) is 1.02. The van der Waals surface area contributed by atoms with Gasteiger partial charge in [0.2, 0.25) is 5.91 Å². The highest BCUT2D eigenvalue weighted by molar-refractivity contribution is 6.31. The first-order valence-corrected chi connectivity index (χ1v) is 7.75. The SMILES string of the molecule is CCN(Cc1ccccc1Cl)C(=O)[C@H]1CCN[C@@H](C)C1. The van der Waals surface area contributed by atoms with E-state index in [-0.39, 0.29) is 11.8 Å². The Labute approximate surface area is 126 Å². The van der Waals surface area contributed by atoms with E-state index in [0.29, 0.717) is 12.6 Å². The van der Waals surface area contributed by atoms with E-state index in [0.717, 1.165) is 36.5 Å². The number of hydrogen-bond donors (Lipinski definition) is 1. The average Bonchev–Trinajstić information content (AvgIpc) is 2.46. The van der Waals surface area contributed by atoms with Gasteiger partial charge < -0.3 is 10.2 Å². The van der Waals surface area contributed by atoms with Crippen LogP contribution in [-0.2, 0) is 11.3 Å². The fourth-order valence-corrected chi connectivity index (χ4v) is 2.99. The molecule has 0 radical (unpaired) electrons. The topological polar surface area (TPSA) is 32.3 Å². The lowest BCUT2D eigenvalue weighted by Crippen LogP contribution is -2.43. The summed E-state index contributed by atoms with van der Waals surface area (Å²) in [4.78, 5) is 14.6. The lowest BCUT2D eigenvalue weighted by atomic mass is 9.92. The number of amides is 1. The van der Waals surface area contributed by atoms with Gasteiger partial charge >= 0.3 is 0 Å². The molecule has 0 saturated carbocycles. The van der Waals surface area contributed by atoms with Crippen LogP contribution in [0.5, 0.6) is 0 Å². The highest BCUT2D eigenvalue weighted by Crippen LogP contribution is 2.22. The molecule has 1 aromatic carbocycles. The maximum Gasteiger partial charge on any atom is 0.226 e. The first-order valence-electron chi connectivity index (χ1n) is 7.37. The number of carbonyl (C=O) groups is 1. The summed E-state index contributed by atoms with van der Waals surface area (Å²) in [5.74, 6) is 0.412. The quantitative estimate of drug-likeness (QED) is 0.925. The van der Waals surface area contributed by atoms with Crippen LogP contribution in [0, 0.1) is 5.92 Å². The van der Waals surface area contributed by atoms with Crippen molar-refractivity contribution in [3.05, 3.63) is 34.9 Å². The number of rotatable bonds is 4. The molecule has 2 rings (SSSR count). The molecule has 0 bridgehead atoms. The zero-order valence-electron chi connectivity index (χ0n) is 12.2. The molecule has 20 heavy (non-hydrogen) atoms. The molecule has 2 atom stereocenters. The Hall–Kier alpha value is -1.06. The molecule has 1 amide bonds. The van der Waals surface area contributed by atoms with Crippen molar-refractivity contribution in [3.8, 4) is 0 Å². The number of hydrogen-bond acceptors (Lipinski definition) is 2. The lowest BCUT2D eigenvalue weighted by molar-refractivity contribution is -0.137. The third kappa shape index (κ3) is 3.74. The van der Waals surface area contributed by atoms with Crippen molar-refractivity contribution in [2.75, 3.05) is 13.1 Å². The molecule has 110 valence electrons. The molecule has 3 nitrogen and oxygen atoms in total. The summed E-state index contributed by atoms with van der Waals surface area (Å²) in [7, 11) is 0. The smallest absolute Gasteiger partial charge is 0.226 e. The number of halogens is 1. The summed E-state index contributed by atoms with van der Waals surface area (Å²) in [6.45, 7) is 6.43. The van der Waals surface area contributed by atoms with Gasteiger partial charge in [0.15, 0.2) is 0 Å². The number of piperidine rings is 1. The van der Waals surface area contributed by atoms with Gasteiger partial charge in [0.1, 0.15) is 0 Å². The van der Waals surface area contributed by atoms with E-state index in [4.69, 9.17) is 11.6 Å². The second-order valence-corrected chi connectivity index (χ2v) is 5.93. The number of nitrogens with zero attached hydrogens (tertiary/aromatic N) is 1. The molecule has 1 aliphatic heterocycles. The van der Waals surface area contributed by atoms with Crippen molar-refractivity contribution >= 4 is 17.5 Å². The van der Waals surface area contributed by atoms with E-state index in [2.05, 4.69) is 12.2 Å². The van der Waals surface area contributed by atoms with Gasteiger partial charge in [-0.3, -0.25) is 4.79 Å². The van der Waals surface area contributed by atoms with Gasteiger partial charge in [0.25, 0.3) is 0 Å². The van der Waals surface area contributed by atoms with Crippen LogP contribution in [0.1, 0.15) is 32.3 Å². The zero-order valence-corrected chi connectivity index (χ0v) is 13.0. The van der Waals surface area contributed by atoms with E-state index in [1.807, 2.05) is 36.1 Å². The van der Waals surface area contributed by atoms with E-state index < -0.39 is 0 Å². The molecule has 0 spiro atoms. The van der Waals surface area contributed by atoms with Crippen LogP contribution in [0.3, 0.4) is 0 Å². The minimum Gasteiger partial charge on any atom is -0.338 e. The third-order valence-corrected chi connectivity index (χ3v) is 4.35. The van der Waals surface area contributed by atoms with Crippen molar-refractivity contribution in [2.45, 2.75) is 39.3 Å². The van der Waals surface area contributed by atoms with Crippen LogP contribution in [0.4, 0.5) is 0 Å². The largest absolute Gasteiger partial charge is 0.338 e. The Morgan fingerprint density at radius 3 is 2.85 bits per heavy atom. The van der Waals surface area contributed by atoms with E-state index in [1.54, 1.807) is 0 Å². The van der Waals surface area contributed by atoms with Gasteiger partial charge in [-0.1, -0.05) is 29.8 Å². The van der Waals surface area contributed by atoms with Gasteiger partial charge in [-0.15, -0.1) is 0 Å². The van der Waals surface area contributed by atoms with E-state index >= 15 is 0 Å². The first kappa shape index (κ1) is 15.3. The van der Waals surface area contributed by atoms with Gasteiger partial charge in [-0.2, -0.15) is 0 Å². The van der Waals surface area contributed by atoms with Crippen LogP contribution in [0.25, 0.3) is 0 Å². The molecule has 1 aromatic rings. The highest BCUT2D eigenvalue weighted by Gasteiger charge is 2.28. The summed E-state index contributed by atoms with van der Waals surface area (Å²) < 4.78 is 0. The van der Waals surface area contributed by atoms with Crippen molar-refractivity contribution in [1.29, 1.82) is 0 Å². The predicted octanol–water partition coefficient (Wildman–Crippen LogP) is 3.08. The normalized spacial score (nSPS) is 22.6. The number of nitrogens with one attached hydrogen (secondary N) is 1. The van der Waals surface area contributed by atoms with Crippen molar-refractivity contribution in [2.24, 2.45) is 5.92 Å². The summed E-state index contributed by atoms with van der Waals surface area (Å²) in [6.07, 6.45) is 1.86. The van der Waals surface area contributed by atoms with Crippen LogP contribution < -0.4 is 5.32 Å².